The van der Waals surface area contributed by atoms with Crippen molar-refractivity contribution in [3.05, 3.63) is 56.8 Å². The largest absolute Gasteiger partial charge is 0.318 e. The normalized spacial score (nSPS) is 17.9. The first-order chi connectivity index (χ1) is 13.3. The summed E-state index contributed by atoms with van der Waals surface area (Å²) in [5, 5.41) is 16.2. The Kier molecular flexibility index (Phi) is 4.69. The minimum Gasteiger partial charge on any atom is -0.318 e. The summed E-state index contributed by atoms with van der Waals surface area (Å²) < 4.78 is 2.02. The van der Waals surface area contributed by atoms with Gasteiger partial charge in [0, 0.05) is 17.1 Å². The molecule has 2 aliphatic rings. The summed E-state index contributed by atoms with van der Waals surface area (Å²) in [5.74, 6) is -0.410. The predicted octanol–water partition coefficient (Wildman–Crippen LogP) is 5.04. The van der Waals surface area contributed by atoms with Crippen LogP contribution in [0.1, 0.15) is 23.9 Å². The fourth-order valence-corrected chi connectivity index (χ4v) is 4.22. The summed E-state index contributed by atoms with van der Waals surface area (Å²) in [6.45, 7) is 5.73. The highest BCUT2D eigenvalue weighted by Crippen LogP contribution is 2.31. The van der Waals surface area contributed by atoms with Crippen LogP contribution < -0.4 is 0 Å². The summed E-state index contributed by atoms with van der Waals surface area (Å²) in [6, 6.07) is 7.38. The third kappa shape index (κ3) is 3.09. The van der Waals surface area contributed by atoms with E-state index in [0.29, 0.717) is 15.2 Å². The van der Waals surface area contributed by atoms with Crippen molar-refractivity contribution < 1.29 is 4.79 Å². The minimum atomic E-state index is -0.437. The molecule has 4 rings (SSSR count). The number of aliphatic imine (C=N–C) groups is 1. The highest BCUT2D eigenvalue weighted by Gasteiger charge is 2.34. The number of carbonyl (C=O) groups excluding carboxylic acids is 1. The van der Waals surface area contributed by atoms with Gasteiger partial charge >= 0.3 is 0 Å². The zero-order chi connectivity index (χ0) is 20.2. The molecule has 0 radical (unpaired) electrons. The van der Waals surface area contributed by atoms with Crippen molar-refractivity contribution in [1.29, 1.82) is 5.41 Å². The number of amides is 1. The second kappa shape index (κ2) is 6.92. The molecule has 0 spiro atoms. The number of hydrazone groups is 1. The molecule has 142 valence electrons. The maximum atomic E-state index is 12.5. The molecule has 1 amide bonds. The van der Waals surface area contributed by atoms with E-state index in [9.17, 15) is 4.79 Å². The standard InChI is InChI=1S/C19H15Cl2N5OS/c1-9-6-12(10(2)25(9)13-4-5-15(20)16(21)8-13)7-14-17(22)26-19(23-18(14)27)28-11(3)24-26/h4-8,22H,1-3H3/b14-7-,22-17?. The Morgan fingerprint density at radius 3 is 2.61 bits per heavy atom. The Balaban J connectivity index is 1.78. The van der Waals surface area contributed by atoms with Crippen LogP contribution in [0.2, 0.25) is 10.0 Å². The second-order valence-electron chi connectivity index (χ2n) is 6.40. The van der Waals surface area contributed by atoms with Crippen LogP contribution in [0, 0.1) is 19.3 Å². The van der Waals surface area contributed by atoms with Crippen molar-refractivity contribution in [3.8, 4) is 5.69 Å². The Bertz CT molecular complexity index is 1150. The highest BCUT2D eigenvalue weighted by atomic mass is 35.5. The minimum absolute atomic E-state index is 0.0266. The van der Waals surface area contributed by atoms with Crippen LogP contribution in [0.15, 0.2) is 39.9 Å². The second-order valence-corrected chi connectivity index (χ2v) is 8.37. The number of rotatable bonds is 2. The SMILES string of the molecule is CC1=NN2C(=N)/C(=C/c3cc(C)n(-c4ccc(Cl)c(Cl)c4)c3C)C(=O)N=C2S1. The van der Waals surface area contributed by atoms with Gasteiger partial charge in [0.15, 0.2) is 5.84 Å². The molecular formula is C19H15Cl2N5OS. The van der Waals surface area contributed by atoms with E-state index in [-0.39, 0.29) is 11.4 Å². The molecule has 3 heterocycles. The summed E-state index contributed by atoms with van der Waals surface area (Å²) >= 11 is 13.5. The predicted molar refractivity (Wildman–Crippen MR) is 116 cm³/mol. The van der Waals surface area contributed by atoms with E-state index in [4.69, 9.17) is 28.6 Å². The Labute approximate surface area is 176 Å². The van der Waals surface area contributed by atoms with Crippen LogP contribution in [0.3, 0.4) is 0 Å². The number of carbonyl (C=O) groups is 1. The number of hydrogen-bond donors (Lipinski definition) is 1. The van der Waals surface area contributed by atoms with Crippen LogP contribution in [0.4, 0.5) is 0 Å². The number of nitrogens with one attached hydrogen (secondary N) is 1. The van der Waals surface area contributed by atoms with Gasteiger partial charge in [0.25, 0.3) is 5.91 Å². The van der Waals surface area contributed by atoms with Gasteiger partial charge < -0.3 is 4.57 Å². The van der Waals surface area contributed by atoms with Gasteiger partial charge in [-0.1, -0.05) is 23.2 Å². The molecule has 0 saturated carbocycles. The number of thioether (sulfide) groups is 1. The van der Waals surface area contributed by atoms with Gasteiger partial charge in [0.2, 0.25) is 5.17 Å². The molecule has 6 nitrogen and oxygen atoms in total. The molecule has 0 unspecified atom stereocenters. The molecule has 0 bridgehead atoms. The van der Waals surface area contributed by atoms with Gasteiger partial charge in [0.05, 0.1) is 20.7 Å². The van der Waals surface area contributed by atoms with Gasteiger partial charge in [-0.05, 0) is 68.4 Å². The average molecular weight is 432 g/mol. The van der Waals surface area contributed by atoms with E-state index >= 15 is 0 Å². The van der Waals surface area contributed by atoms with Crippen LogP contribution in [0.25, 0.3) is 11.8 Å². The molecule has 0 atom stereocenters. The van der Waals surface area contributed by atoms with E-state index in [1.807, 2.05) is 37.5 Å². The summed E-state index contributed by atoms with van der Waals surface area (Å²) in [7, 11) is 0. The zero-order valence-electron chi connectivity index (χ0n) is 15.2. The summed E-state index contributed by atoms with van der Waals surface area (Å²) in [5.41, 5.74) is 3.78. The third-order valence-corrected chi connectivity index (χ3v) is 6.05. The van der Waals surface area contributed by atoms with E-state index in [1.165, 1.54) is 16.8 Å². The first-order valence-electron chi connectivity index (χ1n) is 8.37. The topological polar surface area (TPSA) is 73.8 Å². The van der Waals surface area contributed by atoms with Gasteiger partial charge in [-0.25, -0.2) is 0 Å². The highest BCUT2D eigenvalue weighted by molar-refractivity contribution is 8.26. The molecule has 1 N–H and O–H groups in total. The Morgan fingerprint density at radius 2 is 1.89 bits per heavy atom. The van der Waals surface area contributed by atoms with Crippen molar-refractivity contribution >= 4 is 63.0 Å². The van der Waals surface area contributed by atoms with E-state index < -0.39 is 5.91 Å². The fourth-order valence-electron chi connectivity index (χ4n) is 3.20. The van der Waals surface area contributed by atoms with Gasteiger partial charge in [-0.2, -0.15) is 15.1 Å². The summed E-state index contributed by atoms with van der Waals surface area (Å²) in [4.78, 5) is 16.6. The van der Waals surface area contributed by atoms with Crippen LogP contribution >= 0.6 is 35.0 Å². The van der Waals surface area contributed by atoms with Crippen LogP contribution in [0.5, 0.6) is 0 Å². The van der Waals surface area contributed by atoms with Gasteiger partial charge in [-0.3, -0.25) is 10.2 Å². The zero-order valence-corrected chi connectivity index (χ0v) is 17.6. The van der Waals surface area contributed by atoms with Crippen molar-refractivity contribution in [2.45, 2.75) is 20.8 Å². The number of nitrogens with zero attached hydrogens (tertiary/aromatic N) is 4. The number of fused-ring (bicyclic) bond motifs is 1. The molecule has 0 fully saturated rings. The number of aromatic nitrogens is 1. The van der Waals surface area contributed by atoms with E-state index in [1.54, 1.807) is 18.2 Å². The molecule has 1 aromatic carbocycles. The molecule has 0 saturated heterocycles. The van der Waals surface area contributed by atoms with Crippen molar-refractivity contribution in [2.75, 3.05) is 0 Å². The number of benzene rings is 1. The number of aryl methyl sites for hydroxylation is 1. The molecule has 0 aliphatic carbocycles. The molecular weight excluding hydrogens is 417 g/mol. The lowest BCUT2D eigenvalue weighted by molar-refractivity contribution is -0.114. The van der Waals surface area contributed by atoms with Gasteiger partial charge in [-0.15, -0.1) is 0 Å². The Morgan fingerprint density at radius 1 is 1.14 bits per heavy atom. The van der Waals surface area contributed by atoms with Crippen LogP contribution in [-0.2, 0) is 4.79 Å². The monoisotopic (exact) mass is 431 g/mol. The summed E-state index contributed by atoms with van der Waals surface area (Å²) in [6.07, 6.45) is 1.69. The lowest BCUT2D eigenvalue weighted by atomic mass is 10.1. The lowest BCUT2D eigenvalue weighted by Gasteiger charge is -2.20. The quantitative estimate of drug-likeness (QED) is 0.676. The maximum Gasteiger partial charge on any atom is 0.283 e. The smallest absolute Gasteiger partial charge is 0.283 e. The van der Waals surface area contributed by atoms with Crippen LogP contribution in [-0.4, -0.2) is 31.5 Å². The third-order valence-electron chi connectivity index (χ3n) is 4.49. The molecule has 2 aromatic rings. The molecule has 2 aliphatic heterocycles. The molecule has 1 aromatic heterocycles. The molecule has 28 heavy (non-hydrogen) atoms. The van der Waals surface area contributed by atoms with Gasteiger partial charge in [0.1, 0.15) is 0 Å². The molecule has 9 heteroatoms. The number of hydrogen-bond acceptors (Lipinski definition) is 4. The number of halogens is 2. The maximum absolute atomic E-state index is 12.5. The Hall–Kier alpha value is -2.35. The average Bonchev–Trinajstić information content (AvgIpc) is 3.13. The van der Waals surface area contributed by atoms with Crippen molar-refractivity contribution in [2.24, 2.45) is 10.1 Å². The van der Waals surface area contributed by atoms with Crippen molar-refractivity contribution in [1.82, 2.24) is 9.58 Å². The first-order valence-corrected chi connectivity index (χ1v) is 9.94. The van der Waals surface area contributed by atoms with E-state index in [2.05, 4.69) is 10.1 Å². The number of amidine groups is 2. The van der Waals surface area contributed by atoms with E-state index in [0.717, 1.165) is 27.7 Å². The van der Waals surface area contributed by atoms with Crippen molar-refractivity contribution in [3.63, 3.8) is 0 Å². The first kappa shape index (κ1) is 19.0. The fraction of sp³-hybridized carbons (Fsp3) is 0.158. The lowest BCUT2D eigenvalue weighted by Crippen LogP contribution is -2.35.